The molecule has 0 saturated heterocycles. The Balaban J connectivity index is 7.93. The van der Waals surface area contributed by atoms with Crippen molar-refractivity contribution < 1.29 is 176 Å². The van der Waals surface area contributed by atoms with Crippen LogP contribution in [0.5, 0.6) is 0 Å². The number of halogens is 39. The monoisotopic (exact) mass is 1000 g/mol. The maximum Gasteiger partial charge on any atom is 0.460 e. The van der Waals surface area contributed by atoms with Crippen molar-refractivity contribution in [2.45, 2.75) is 113 Å². The van der Waals surface area contributed by atoms with Crippen LogP contribution >= 0.6 is 0 Å². The first-order valence-corrected chi connectivity index (χ1v) is 12.5. The van der Waals surface area contributed by atoms with Crippen LogP contribution in [0.2, 0.25) is 0 Å². The predicted octanol–water partition coefficient (Wildman–Crippen LogP) is 12.0. The molecule has 1 nitrogen and oxygen atoms in total. The molecule has 0 aliphatic carbocycles. The summed E-state index contributed by atoms with van der Waals surface area (Å²) >= 11 is 0. The van der Waals surface area contributed by atoms with E-state index in [1.54, 1.807) is 0 Å². The number of hydrogen-bond donors (Lipinski definition) is 1. The lowest BCUT2D eigenvalue weighted by Gasteiger charge is -2.47. The fraction of sp³-hybridized carbons (Fsp3) is 1.00. The lowest BCUT2D eigenvalue weighted by molar-refractivity contribution is -0.494. The predicted molar refractivity (Wildman–Crippen MR) is 102 cm³/mol. The van der Waals surface area contributed by atoms with E-state index in [4.69, 9.17) is 5.11 Å². The van der Waals surface area contributed by atoms with Crippen LogP contribution in [-0.2, 0) is 0 Å². The summed E-state index contributed by atoms with van der Waals surface area (Å²) in [5, 5.41) is 7.82. The second kappa shape index (κ2) is 13.6. The summed E-state index contributed by atoms with van der Waals surface area (Å²) in [5.41, 5.74) is 0. The van der Waals surface area contributed by atoms with Gasteiger partial charge in [-0.2, -0.15) is 171 Å². The highest BCUT2D eigenvalue weighted by Crippen LogP contribution is 2.71. The quantitative estimate of drug-likeness (QED) is 0.136. The molecule has 0 fully saturated rings. The molecule has 0 amide bonds. The van der Waals surface area contributed by atoms with E-state index < -0.39 is 119 Å². The van der Waals surface area contributed by atoms with Gasteiger partial charge in [0.15, 0.2) is 0 Å². The molecule has 0 aliphatic heterocycles. The minimum Gasteiger partial charge on any atom is -0.390 e. The van der Waals surface area contributed by atoms with Crippen LogP contribution < -0.4 is 0 Å². The Morgan fingerprint density at radius 1 is 0.167 bits per heavy atom. The van der Waals surface area contributed by atoms with E-state index in [1.165, 1.54) is 0 Å². The number of hydrogen-bond acceptors (Lipinski definition) is 1. The summed E-state index contributed by atoms with van der Waals surface area (Å²) in [6, 6.07) is 0. The second-order valence-electron chi connectivity index (χ2n) is 11.1. The van der Waals surface area contributed by atoms with Gasteiger partial charge in [-0.05, 0) is 0 Å². The van der Waals surface area contributed by atoms with Gasteiger partial charge in [0.05, 0.1) is 0 Å². The molecule has 0 rings (SSSR count). The van der Waals surface area contributed by atoms with Gasteiger partial charge in [0.25, 0.3) is 0 Å². The van der Waals surface area contributed by atoms with Gasteiger partial charge in [-0.25, -0.2) is 0 Å². The van der Waals surface area contributed by atoms with Crippen molar-refractivity contribution in [1.29, 1.82) is 0 Å². The molecule has 0 aromatic carbocycles. The van der Waals surface area contributed by atoms with Gasteiger partial charge in [0.2, 0.25) is 0 Å². The van der Waals surface area contributed by atoms with Crippen LogP contribution in [0, 0.1) is 0 Å². The minimum absolute atomic E-state index is 4.02. The van der Waals surface area contributed by atoms with Crippen molar-refractivity contribution in [2.24, 2.45) is 0 Å². The first-order valence-electron chi connectivity index (χ1n) is 12.5. The topological polar surface area (TPSA) is 20.2 Å². The highest BCUT2D eigenvalue weighted by molar-refractivity contribution is 5.23. The Morgan fingerprint density at radius 2 is 0.267 bits per heavy atom. The zero-order valence-electron chi connectivity index (χ0n) is 25.4. The molecule has 0 aromatic rings. The normalized spacial score (nSPS) is 17.4. The highest BCUT2D eigenvalue weighted by Gasteiger charge is 3.03. The van der Waals surface area contributed by atoms with Gasteiger partial charge >= 0.3 is 113 Å². The lowest BCUT2D eigenvalue weighted by Crippen LogP contribution is -2.80. The van der Waals surface area contributed by atoms with Crippen LogP contribution in [0.15, 0.2) is 0 Å². The average Bonchev–Trinajstić information content (AvgIpc) is 3.02. The Bertz CT molecular complexity index is 1550. The van der Waals surface area contributed by atoms with Gasteiger partial charge in [0, 0.05) is 0 Å². The van der Waals surface area contributed by atoms with Crippen molar-refractivity contribution in [3.8, 4) is 0 Å². The molecule has 0 aromatic heterocycles. The molecular weight excluding hydrogens is 997 g/mol. The zero-order valence-corrected chi connectivity index (χ0v) is 25.4. The first kappa shape index (κ1) is 57.2. The first-order chi connectivity index (χ1) is 25.1. The van der Waals surface area contributed by atoms with E-state index in [2.05, 4.69) is 0 Å². The fourth-order valence-electron chi connectivity index (χ4n) is 3.46. The summed E-state index contributed by atoms with van der Waals surface area (Å²) in [4.78, 5) is 0. The number of aliphatic hydroxyl groups is 1. The summed E-state index contributed by atoms with van der Waals surface area (Å²) in [6.45, 7) is -4.02. The molecule has 0 heterocycles. The van der Waals surface area contributed by atoms with E-state index in [0.717, 1.165) is 0 Å². The Hall–Kier alpha value is -2.77. The minimum atomic E-state index is -10.5. The Labute approximate surface area is 297 Å². The molecule has 0 radical (unpaired) electrons. The smallest absolute Gasteiger partial charge is 0.390 e. The molecule has 0 spiro atoms. The van der Waals surface area contributed by atoms with Gasteiger partial charge in [-0.3, -0.25) is 0 Å². The summed E-state index contributed by atoms with van der Waals surface area (Å²) in [7, 11) is 0. The molecule has 0 saturated carbocycles. The van der Waals surface area contributed by atoms with Crippen molar-refractivity contribution in [3.05, 3.63) is 0 Å². The molecule has 0 atom stereocenters. The van der Waals surface area contributed by atoms with E-state index in [1.807, 2.05) is 0 Å². The molecule has 1 N–H and O–H groups in total. The second-order valence-corrected chi connectivity index (χ2v) is 11.1. The van der Waals surface area contributed by atoms with Crippen LogP contribution in [0.4, 0.5) is 171 Å². The van der Waals surface area contributed by atoms with Crippen LogP contribution in [0.3, 0.4) is 0 Å². The molecular formula is C20H3F39O. The zero-order chi connectivity index (χ0) is 50.2. The maximum absolute atomic E-state index is 13.9. The van der Waals surface area contributed by atoms with E-state index in [-0.39, 0.29) is 0 Å². The van der Waals surface area contributed by atoms with E-state index in [9.17, 15) is 171 Å². The van der Waals surface area contributed by atoms with Crippen molar-refractivity contribution in [3.63, 3.8) is 0 Å². The van der Waals surface area contributed by atoms with E-state index >= 15 is 0 Å². The van der Waals surface area contributed by atoms with Gasteiger partial charge in [0.1, 0.15) is 6.61 Å². The molecule has 0 unspecified atom stereocenters. The number of aliphatic hydroxyl groups excluding tert-OH is 1. The lowest BCUT2D eigenvalue weighted by atomic mass is 9.82. The summed E-state index contributed by atoms with van der Waals surface area (Å²) < 4.78 is 525. The van der Waals surface area contributed by atoms with Gasteiger partial charge in [-0.1, -0.05) is 0 Å². The number of rotatable bonds is 18. The van der Waals surface area contributed by atoms with Crippen molar-refractivity contribution >= 4 is 0 Å². The molecule has 362 valence electrons. The van der Waals surface area contributed by atoms with Crippen LogP contribution in [0.1, 0.15) is 0 Å². The third-order valence-corrected chi connectivity index (χ3v) is 7.32. The van der Waals surface area contributed by atoms with Gasteiger partial charge in [-0.15, -0.1) is 0 Å². The third kappa shape index (κ3) is 6.17. The molecule has 60 heavy (non-hydrogen) atoms. The van der Waals surface area contributed by atoms with Crippen molar-refractivity contribution in [2.75, 3.05) is 6.61 Å². The van der Waals surface area contributed by atoms with E-state index in [0.29, 0.717) is 0 Å². The third-order valence-electron chi connectivity index (χ3n) is 7.32. The fourth-order valence-corrected chi connectivity index (χ4v) is 3.46. The molecule has 0 aliphatic rings. The van der Waals surface area contributed by atoms with Crippen LogP contribution in [0.25, 0.3) is 0 Å². The average molecular weight is 1000 g/mol. The molecule has 40 heteroatoms. The number of alkyl halides is 39. The highest BCUT2D eigenvalue weighted by atomic mass is 19.4. The SMILES string of the molecule is OCC(F)(F)C(F)(F)C(F)(F)C(F)(F)C(F)(F)C(F)(F)C(F)(F)C(F)(F)C(F)(F)C(F)(F)C(F)(F)C(F)(F)C(F)(F)C(F)(F)C(F)(F)C(F)(F)C(F)(F)C(F)(F)C(F)(F)F. The Morgan fingerprint density at radius 3 is 0.367 bits per heavy atom. The maximum atomic E-state index is 13.9. The summed E-state index contributed by atoms with van der Waals surface area (Å²) in [6.07, 6.45) is -8.50. The van der Waals surface area contributed by atoms with Crippen LogP contribution in [-0.4, -0.2) is 124 Å². The standard InChI is InChI=1S/C20H3F39O/c21-2(22,1-60)3(23,24)4(25,26)5(27,28)6(29,30)7(31,32)8(33,34)9(35,36)10(37,38)11(39,40)12(41,42)13(43,44)14(45,46)15(47,48)16(49,50)17(51,52)18(53,54)19(55,56)20(57,58)59/h60H,1H2. The molecule has 0 bridgehead atoms. The largest absolute Gasteiger partial charge is 0.460 e. The Kier molecular flexibility index (Phi) is 13.0. The van der Waals surface area contributed by atoms with Gasteiger partial charge < -0.3 is 5.11 Å². The summed E-state index contributed by atoms with van der Waals surface area (Å²) in [5.74, 6) is -177. The van der Waals surface area contributed by atoms with Crippen molar-refractivity contribution in [1.82, 2.24) is 0 Å².